The van der Waals surface area contributed by atoms with Crippen molar-refractivity contribution in [2.45, 2.75) is 75.5 Å². The number of H-pyrrole nitrogens is 1. The molecule has 0 aliphatic carbocycles. The molecule has 3 aromatic rings. The van der Waals surface area contributed by atoms with E-state index in [1.165, 1.54) is 31.2 Å². The molecule has 0 bridgehead atoms. The molecule has 12 heteroatoms. The fraction of sp³-hybridized carbons (Fsp3) is 0.471. The third-order valence-corrected chi connectivity index (χ3v) is 9.65. The standard InChI is InChI=1S/C34H39F2N5O5/c1-21(42)40-15-12-25-9-11-29(31(44)39-34(13-16-46-17-14-34)23-6-4-3-5-7-23)41(25)32(45)28(20-40)38-30(43)27-19-22-18-24(33(2,35)36)8-10-26(22)37-27/h3-8,10,18-19,25,28-29,37H,9,11-17,20H2,1-2H3,(H,38,43)(H,39,44)/t25-,28+,29+/m1/s1. The van der Waals surface area contributed by atoms with Crippen molar-refractivity contribution >= 4 is 34.5 Å². The lowest BCUT2D eigenvalue weighted by Crippen LogP contribution is -2.62. The molecular weight excluding hydrogens is 596 g/mol. The van der Waals surface area contributed by atoms with E-state index in [0.29, 0.717) is 62.8 Å². The quantitative estimate of drug-likeness (QED) is 0.380. The van der Waals surface area contributed by atoms with Gasteiger partial charge in [0.15, 0.2) is 0 Å². The number of benzene rings is 2. The minimum Gasteiger partial charge on any atom is -0.381 e. The number of ether oxygens (including phenoxy) is 1. The maximum absolute atomic E-state index is 14.3. The third-order valence-electron chi connectivity index (χ3n) is 9.65. The highest BCUT2D eigenvalue weighted by Crippen LogP contribution is 2.35. The van der Waals surface area contributed by atoms with E-state index in [1.807, 2.05) is 30.3 Å². The number of nitrogens with one attached hydrogen (secondary N) is 3. The largest absolute Gasteiger partial charge is 0.381 e. The maximum atomic E-state index is 14.3. The molecule has 3 aliphatic heterocycles. The van der Waals surface area contributed by atoms with Gasteiger partial charge in [0.1, 0.15) is 17.8 Å². The van der Waals surface area contributed by atoms with E-state index >= 15 is 0 Å². The van der Waals surface area contributed by atoms with Crippen molar-refractivity contribution in [2.24, 2.45) is 0 Å². The summed E-state index contributed by atoms with van der Waals surface area (Å²) in [7, 11) is 0. The van der Waals surface area contributed by atoms with Gasteiger partial charge < -0.3 is 30.2 Å². The normalized spacial score (nSPS) is 23.4. The molecule has 0 spiro atoms. The number of aromatic amines is 1. The van der Waals surface area contributed by atoms with Crippen molar-refractivity contribution in [2.75, 3.05) is 26.3 Å². The zero-order valence-corrected chi connectivity index (χ0v) is 26.0. The maximum Gasteiger partial charge on any atom is 0.270 e. The highest BCUT2D eigenvalue weighted by molar-refractivity contribution is 6.01. The molecule has 3 fully saturated rings. The van der Waals surface area contributed by atoms with Gasteiger partial charge in [-0.2, -0.15) is 0 Å². The van der Waals surface area contributed by atoms with Gasteiger partial charge in [0.25, 0.3) is 11.8 Å². The Morgan fingerprint density at radius 3 is 2.46 bits per heavy atom. The molecule has 0 unspecified atom stereocenters. The summed E-state index contributed by atoms with van der Waals surface area (Å²) in [5.74, 6) is -4.58. The Kier molecular flexibility index (Phi) is 8.58. The number of hydrogen-bond donors (Lipinski definition) is 3. The minimum absolute atomic E-state index is 0.0603. The van der Waals surface area contributed by atoms with Crippen LogP contribution in [-0.2, 0) is 30.6 Å². The van der Waals surface area contributed by atoms with Crippen molar-refractivity contribution in [1.82, 2.24) is 25.4 Å². The minimum atomic E-state index is -3.05. The Hall–Kier alpha value is -4.32. The predicted octanol–water partition coefficient (Wildman–Crippen LogP) is 3.81. The molecular formula is C34H39F2N5O5. The first-order chi connectivity index (χ1) is 21.9. The predicted molar refractivity (Wildman–Crippen MR) is 166 cm³/mol. The van der Waals surface area contributed by atoms with Crippen LogP contribution in [-0.4, -0.2) is 82.8 Å². The molecule has 10 nitrogen and oxygen atoms in total. The average molecular weight is 636 g/mol. The van der Waals surface area contributed by atoms with Crippen LogP contribution in [0.25, 0.3) is 10.9 Å². The number of alkyl halides is 2. The van der Waals surface area contributed by atoms with E-state index in [0.717, 1.165) is 12.5 Å². The molecule has 3 atom stereocenters. The van der Waals surface area contributed by atoms with Crippen LogP contribution in [0.3, 0.4) is 0 Å². The van der Waals surface area contributed by atoms with Crippen LogP contribution < -0.4 is 10.6 Å². The molecule has 46 heavy (non-hydrogen) atoms. The number of aromatic nitrogens is 1. The first kappa shape index (κ1) is 31.7. The first-order valence-electron chi connectivity index (χ1n) is 15.8. The monoisotopic (exact) mass is 635 g/mol. The molecule has 1 aromatic heterocycles. The van der Waals surface area contributed by atoms with Crippen molar-refractivity contribution in [3.05, 3.63) is 71.4 Å². The number of halogens is 2. The van der Waals surface area contributed by atoms with E-state index in [9.17, 15) is 28.0 Å². The summed E-state index contributed by atoms with van der Waals surface area (Å²) in [6, 6.07) is 13.2. The zero-order chi connectivity index (χ0) is 32.6. The van der Waals surface area contributed by atoms with Gasteiger partial charge in [0.05, 0.1) is 5.54 Å². The lowest BCUT2D eigenvalue weighted by atomic mass is 9.82. The van der Waals surface area contributed by atoms with Crippen LogP contribution in [0, 0.1) is 0 Å². The van der Waals surface area contributed by atoms with Gasteiger partial charge in [-0.1, -0.05) is 36.4 Å². The fourth-order valence-corrected chi connectivity index (χ4v) is 7.07. The SMILES string of the molecule is CC(=O)N1CC[C@H]2CC[C@@H](C(=O)NC3(c4ccccc4)CCOCC3)N2C(=O)[C@@H](NC(=O)c2cc3cc(C(C)(F)F)ccc3[nH]2)C1. The Balaban J connectivity index is 1.25. The van der Waals surface area contributed by atoms with Crippen LogP contribution in [0.2, 0.25) is 0 Å². The first-order valence-corrected chi connectivity index (χ1v) is 15.8. The van der Waals surface area contributed by atoms with Crippen molar-refractivity contribution in [1.29, 1.82) is 0 Å². The Morgan fingerprint density at radius 2 is 1.76 bits per heavy atom. The molecule has 244 valence electrons. The number of hydrogen-bond acceptors (Lipinski definition) is 5. The number of carbonyl (C=O) groups is 4. The summed E-state index contributed by atoms with van der Waals surface area (Å²) in [6.45, 7) is 3.53. The van der Waals surface area contributed by atoms with E-state index in [4.69, 9.17) is 4.74 Å². The van der Waals surface area contributed by atoms with Gasteiger partial charge in [0.2, 0.25) is 17.7 Å². The highest BCUT2D eigenvalue weighted by atomic mass is 19.3. The summed E-state index contributed by atoms with van der Waals surface area (Å²) in [4.78, 5) is 60.4. The molecule has 4 amide bonds. The molecule has 6 rings (SSSR count). The smallest absolute Gasteiger partial charge is 0.270 e. The number of amides is 4. The van der Waals surface area contributed by atoms with Gasteiger partial charge in [-0.3, -0.25) is 19.2 Å². The number of rotatable bonds is 6. The van der Waals surface area contributed by atoms with Gasteiger partial charge in [-0.25, -0.2) is 8.78 Å². The topological polar surface area (TPSA) is 124 Å². The number of fused-ring (bicyclic) bond motifs is 2. The summed E-state index contributed by atoms with van der Waals surface area (Å²) in [5, 5.41) is 6.50. The average Bonchev–Trinajstić information content (AvgIpc) is 3.66. The van der Waals surface area contributed by atoms with Crippen LogP contribution in [0.4, 0.5) is 8.78 Å². The van der Waals surface area contributed by atoms with Crippen molar-refractivity contribution in [3.63, 3.8) is 0 Å². The Bertz CT molecular complexity index is 1630. The van der Waals surface area contributed by atoms with Gasteiger partial charge in [0, 0.05) is 62.7 Å². The fourth-order valence-electron chi connectivity index (χ4n) is 7.07. The van der Waals surface area contributed by atoms with Crippen LogP contribution >= 0.6 is 0 Å². The number of carbonyl (C=O) groups excluding carboxylic acids is 4. The van der Waals surface area contributed by atoms with Crippen LogP contribution in [0.1, 0.15) is 67.6 Å². The number of nitrogens with zero attached hydrogens (tertiary/aromatic N) is 2. The summed E-state index contributed by atoms with van der Waals surface area (Å²) in [5.41, 5.74) is 0.751. The molecule has 0 radical (unpaired) electrons. The lowest BCUT2D eigenvalue weighted by Gasteiger charge is -2.41. The lowest BCUT2D eigenvalue weighted by molar-refractivity contribution is -0.146. The van der Waals surface area contributed by atoms with Crippen molar-refractivity contribution in [3.8, 4) is 0 Å². The second-order valence-electron chi connectivity index (χ2n) is 12.7. The van der Waals surface area contributed by atoms with E-state index in [-0.39, 0.29) is 35.7 Å². The molecule has 3 aliphatic rings. The highest BCUT2D eigenvalue weighted by Gasteiger charge is 2.47. The summed E-state index contributed by atoms with van der Waals surface area (Å²) < 4.78 is 33.4. The second-order valence-corrected chi connectivity index (χ2v) is 12.7. The summed E-state index contributed by atoms with van der Waals surface area (Å²) >= 11 is 0. The molecule has 0 saturated carbocycles. The van der Waals surface area contributed by atoms with Crippen LogP contribution in [0.5, 0.6) is 0 Å². The van der Waals surface area contributed by atoms with Crippen molar-refractivity contribution < 1.29 is 32.7 Å². The second kappa shape index (κ2) is 12.5. The van der Waals surface area contributed by atoms with E-state index in [1.54, 1.807) is 9.80 Å². The molecule has 4 heterocycles. The third kappa shape index (κ3) is 6.22. The Labute approximate surface area is 265 Å². The Morgan fingerprint density at radius 1 is 1.02 bits per heavy atom. The van der Waals surface area contributed by atoms with Crippen LogP contribution in [0.15, 0.2) is 54.6 Å². The summed E-state index contributed by atoms with van der Waals surface area (Å²) in [6.07, 6.45) is 2.75. The molecule has 3 saturated heterocycles. The van der Waals surface area contributed by atoms with Gasteiger partial charge in [-0.05, 0) is 55.9 Å². The van der Waals surface area contributed by atoms with Gasteiger partial charge >= 0.3 is 0 Å². The van der Waals surface area contributed by atoms with E-state index in [2.05, 4.69) is 15.6 Å². The zero-order valence-electron chi connectivity index (χ0n) is 26.0. The van der Waals surface area contributed by atoms with Gasteiger partial charge in [-0.15, -0.1) is 0 Å². The van der Waals surface area contributed by atoms with E-state index < -0.39 is 35.4 Å². The molecule has 3 N–H and O–H groups in total. The molecule has 2 aromatic carbocycles.